The maximum atomic E-state index is 13.1. The molecule has 0 saturated carbocycles. The lowest BCUT2D eigenvalue weighted by molar-refractivity contribution is 0.0505. The minimum Gasteiger partial charge on any atom is -0.478 e. The van der Waals surface area contributed by atoms with Crippen LogP contribution in [0, 0.1) is 0 Å². The standard InChI is InChI=1S/C25H27NO7/c1-3-12-30-25(28)17-5-7-18(8-6-17)33-22-15-31-24-19(23(22)27)9-10-21-20(24)14-26(16-32-21)11-4-13-29-2/h5-10,15H,3-4,11-14,16H2,1-2H3. The molecule has 3 aromatic rings. The highest BCUT2D eigenvalue weighted by molar-refractivity contribution is 5.89. The molecular weight excluding hydrogens is 426 g/mol. The minimum atomic E-state index is -0.392. The molecule has 1 aliphatic heterocycles. The lowest BCUT2D eigenvalue weighted by atomic mass is 10.1. The van der Waals surface area contributed by atoms with Gasteiger partial charge in [-0.3, -0.25) is 9.69 Å². The van der Waals surface area contributed by atoms with Crippen LogP contribution in [0.3, 0.4) is 0 Å². The predicted molar refractivity (Wildman–Crippen MR) is 122 cm³/mol. The molecule has 0 unspecified atom stereocenters. The summed E-state index contributed by atoms with van der Waals surface area (Å²) in [7, 11) is 1.68. The van der Waals surface area contributed by atoms with Crippen LogP contribution in [0.5, 0.6) is 17.2 Å². The molecule has 0 atom stereocenters. The molecule has 1 aromatic heterocycles. The van der Waals surface area contributed by atoms with Crippen LogP contribution in [0.25, 0.3) is 11.0 Å². The summed E-state index contributed by atoms with van der Waals surface area (Å²) in [4.78, 5) is 27.2. The van der Waals surface area contributed by atoms with E-state index < -0.39 is 5.97 Å². The third-order valence-electron chi connectivity index (χ3n) is 5.33. The molecule has 0 aliphatic carbocycles. The van der Waals surface area contributed by atoms with Gasteiger partial charge in [-0.15, -0.1) is 0 Å². The number of methoxy groups -OCH3 is 1. The van der Waals surface area contributed by atoms with Gasteiger partial charge in [-0.2, -0.15) is 0 Å². The first-order valence-corrected chi connectivity index (χ1v) is 11.0. The third-order valence-corrected chi connectivity index (χ3v) is 5.33. The summed E-state index contributed by atoms with van der Waals surface area (Å²) in [5.74, 6) is 0.807. The molecule has 1 aliphatic rings. The van der Waals surface area contributed by atoms with E-state index in [0.29, 0.717) is 54.5 Å². The first kappa shape index (κ1) is 22.8. The molecule has 174 valence electrons. The average molecular weight is 453 g/mol. The zero-order valence-corrected chi connectivity index (χ0v) is 18.8. The fourth-order valence-electron chi connectivity index (χ4n) is 3.65. The average Bonchev–Trinajstić information content (AvgIpc) is 2.84. The van der Waals surface area contributed by atoms with Crippen LogP contribution in [-0.2, 0) is 16.0 Å². The van der Waals surface area contributed by atoms with Crippen LogP contribution in [0.2, 0.25) is 0 Å². The van der Waals surface area contributed by atoms with E-state index >= 15 is 0 Å². The lowest BCUT2D eigenvalue weighted by Crippen LogP contribution is -2.33. The van der Waals surface area contributed by atoms with E-state index in [1.165, 1.54) is 6.26 Å². The highest BCUT2D eigenvalue weighted by Gasteiger charge is 2.22. The van der Waals surface area contributed by atoms with E-state index in [-0.39, 0.29) is 11.2 Å². The second kappa shape index (κ2) is 10.5. The number of fused-ring (bicyclic) bond motifs is 3. The molecule has 33 heavy (non-hydrogen) atoms. The number of hydrogen-bond acceptors (Lipinski definition) is 8. The van der Waals surface area contributed by atoms with Gasteiger partial charge in [-0.05, 0) is 49.2 Å². The Bertz CT molecular complexity index is 1170. The van der Waals surface area contributed by atoms with Crippen molar-refractivity contribution in [2.24, 2.45) is 0 Å². The van der Waals surface area contributed by atoms with Crippen LogP contribution in [0.4, 0.5) is 0 Å². The summed E-state index contributed by atoms with van der Waals surface area (Å²) in [6, 6.07) is 9.92. The van der Waals surface area contributed by atoms with Crippen molar-refractivity contribution in [3.05, 3.63) is 64.0 Å². The van der Waals surface area contributed by atoms with Crippen molar-refractivity contribution in [1.29, 1.82) is 0 Å². The summed E-state index contributed by atoms with van der Waals surface area (Å²) in [5, 5.41) is 0.424. The van der Waals surface area contributed by atoms with Crippen LogP contribution in [0.1, 0.15) is 35.7 Å². The Morgan fingerprint density at radius 1 is 1.12 bits per heavy atom. The summed E-state index contributed by atoms with van der Waals surface area (Å²) in [5.41, 5.74) is 1.48. The summed E-state index contributed by atoms with van der Waals surface area (Å²) in [6.45, 7) is 4.90. The molecule has 0 bridgehead atoms. The second-order valence-corrected chi connectivity index (χ2v) is 7.78. The number of esters is 1. The van der Waals surface area contributed by atoms with Gasteiger partial charge in [0.25, 0.3) is 0 Å². The van der Waals surface area contributed by atoms with E-state index in [1.54, 1.807) is 43.5 Å². The molecule has 0 N–H and O–H groups in total. The topological polar surface area (TPSA) is 87.4 Å². The molecule has 2 aromatic carbocycles. The summed E-state index contributed by atoms with van der Waals surface area (Å²) in [6.07, 6.45) is 2.96. The van der Waals surface area contributed by atoms with E-state index in [9.17, 15) is 9.59 Å². The highest BCUT2D eigenvalue weighted by atomic mass is 16.5. The number of ether oxygens (including phenoxy) is 4. The zero-order valence-electron chi connectivity index (χ0n) is 18.8. The van der Waals surface area contributed by atoms with Crippen LogP contribution in [-0.4, -0.2) is 44.5 Å². The van der Waals surface area contributed by atoms with Crippen molar-refractivity contribution in [2.75, 3.05) is 33.6 Å². The van der Waals surface area contributed by atoms with Crippen molar-refractivity contribution < 1.29 is 28.2 Å². The maximum Gasteiger partial charge on any atom is 0.338 e. The molecular formula is C25H27NO7. The molecule has 0 radical (unpaired) electrons. The molecule has 0 saturated heterocycles. The number of benzene rings is 2. The van der Waals surface area contributed by atoms with Crippen molar-refractivity contribution in [3.63, 3.8) is 0 Å². The van der Waals surface area contributed by atoms with Gasteiger partial charge in [0.2, 0.25) is 11.2 Å². The number of carbonyl (C=O) groups excluding carboxylic acids is 1. The van der Waals surface area contributed by atoms with Gasteiger partial charge in [0.1, 0.15) is 30.1 Å². The largest absolute Gasteiger partial charge is 0.478 e. The monoisotopic (exact) mass is 453 g/mol. The van der Waals surface area contributed by atoms with E-state index in [4.69, 9.17) is 23.4 Å². The zero-order chi connectivity index (χ0) is 23.2. The van der Waals surface area contributed by atoms with Gasteiger partial charge in [0.05, 0.1) is 23.1 Å². The van der Waals surface area contributed by atoms with E-state index in [2.05, 4.69) is 4.90 Å². The molecule has 0 amide bonds. The first-order chi connectivity index (χ1) is 16.1. The Morgan fingerprint density at radius 3 is 2.70 bits per heavy atom. The molecule has 2 heterocycles. The molecule has 8 heteroatoms. The number of nitrogens with zero attached hydrogens (tertiary/aromatic N) is 1. The van der Waals surface area contributed by atoms with Crippen molar-refractivity contribution >= 4 is 16.9 Å². The Kier molecular flexibility index (Phi) is 7.26. The van der Waals surface area contributed by atoms with Crippen molar-refractivity contribution in [2.45, 2.75) is 26.3 Å². The fraction of sp³-hybridized carbons (Fsp3) is 0.360. The Balaban J connectivity index is 1.53. The van der Waals surface area contributed by atoms with Gasteiger partial charge >= 0.3 is 5.97 Å². The molecule has 0 spiro atoms. The normalized spacial score (nSPS) is 13.4. The molecule has 8 nitrogen and oxygen atoms in total. The number of hydrogen-bond donors (Lipinski definition) is 0. The third kappa shape index (κ3) is 5.18. The van der Waals surface area contributed by atoms with Gasteiger partial charge in [0, 0.05) is 26.8 Å². The number of rotatable bonds is 9. The van der Waals surface area contributed by atoms with Gasteiger partial charge in [-0.25, -0.2) is 4.79 Å². The van der Waals surface area contributed by atoms with E-state index in [1.807, 2.05) is 6.92 Å². The van der Waals surface area contributed by atoms with Gasteiger partial charge in [-0.1, -0.05) is 6.92 Å². The Morgan fingerprint density at radius 2 is 1.94 bits per heavy atom. The summed E-state index contributed by atoms with van der Waals surface area (Å²) >= 11 is 0. The van der Waals surface area contributed by atoms with E-state index in [0.717, 1.165) is 24.9 Å². The number of carbonyl (C=O) groups is 1. The second-order valence-electron chi connectivity index (χ2n) is 7.78. The van der Waals surface area contributed by atoms with Gasteiger partial charge in [0.15, 0.2) is 0 Å². The smallest absolute Gasteiger partial charge is 0.338 e. The summed E-state index contributed by atoms with van der Waals surface area (Å²) < 4.78 is 27.7. The van der Waals surface area contributed by atoms with Gasteiger partial charge < -0.3 is 23.4 Å². The minimum absolute atomic E-state index is 0.0671. The predicted octanol–water partition coefficient (Wildman–Crippen LogP) is 4.34. The SMILES string of the molecule is CCCOC(=O)c1ccc(Oc2coc3c4c(ccc3c2=O)OCN(CCCOC)C4)cc1. The molecule has 4 rings (SSSR count). The maximum absolute atomic E-state index is 13.1. The Hall–Kier alpha value is -3.36. The van der Waals surface area contributed by atoms with Crippen LogP contribution >= 0.6 is 0 Å². The first-order valence-electron chi connectivity index (χ1n) is 11.0. The van der Waals surface area contributed by atoms with Crippen LogP contribution < -0.4 is 14.9 Å². The van der Waals surface area contributed by atoms with Crippen LogP contribution in [0.15, 0.2) is 51.9 Å². The van der Waals surface area contributed by atoms with Crippen molar-refractivity contribution in [3.8, 4) is 17.2 Å². The fourth-order valence-corrected chi connectivity index (χ4v) is 3.65. The molecule has 0 fully saturated rings. The Labute approximate surface area is 191 Å². The highest BCUT2D eigenvalue weighted by Crippen LogP contribution is 2.32. The van der Waals surface area contributed by atoms with Crippen molar-refractivity contribution in [1.82, 2.24) is 4.90 Å². The lowest BCUT2D eigenvalue weighted by Gasteiger charge is -2.29. The quantitative estimate of drug-likeness (QED) is 0.349.